The van der Waals surface area contributed by atoms with Crippen LogP contribution in [0.1, 0.15) is 32.9 Å². The molecule has 170 valence electrons. The summed E-state index contributed by atoms with van der Waals surface area (Å²) in [6.07, 6.45) is 5.13. The summed E-state index contributed by atoms with van der Waals surface area (Å²) >= 11 is 1.31. The lowest BCUT2D eigenvalue weighted by Crippen LogP contribution is -2.46. The number of aliphatic hydroxyl groups is 1. The fourth-order valence-electron chi connectivity index (χ4n) is 3.02. The molecule has 31 heavy (non-hydrogen) atoms. The molecule has 0 aromatic carbocycles. The number of rotatable bonds is 10. The van der Waals surface area contributed by atoms with Gasteiger partial charge in [-0.1, -0.05) is 13.8 Å². The normalized spacial score (nSPS) is 18.5. The van der Waals surface area contributed by atoms with E-state index in [0.717, 1.165) is 5.57 Å². The standard InChI is InChI=1S/C20H32N8O2S/c1-19(2)6-7-28(17(19)29)16(22)14(11-24-5)27-20(3,30)15-12-31-18(26-15)25-10-13(8-21)9-23-4/h8,10-12,21-24,27,30H,6-7,9H2,1-5H3,(H,25,26)/b13-10+,14-11+,21-8?,22-16?. The molecule has 2 rings (SSSR count). The molecule has 7 N–H and O–H groups in total. The molecule has 1 aromatic heterocycles. The largest absolute Gasteiger partial charge is 0.392 e. The van der Waals surface area contributed by atoms with E-state index < -0.39 is 11.1 Å². The molecule has 0 bridgehead atoms. The van der Waals surface area contributed by atoms with E-state index in [9.17, 15) is 9.90 Å². The second-order valence-electron chi connectivity index (χ2n) is 8.06. The van der Waals surface area contributed by atoms with Crippen LogP contribution in [-0.4, -0.2) is 60.1 Å². The van der Waals surface area contributed by atoms with Crippen molar-refractivity contribution < 1.29 is 9.90 Å². The van der Waals surface area contributed by atoms with Gasteiger partial charge in [0.05, 0.1) is 5.70 Å². The molecule has 0 saturated carbocycles. The summed E-state index contributed by atoms with van der Waals surface area (Å²) in [5.41, 5.74) is -0.703. The molecule has 1 atom stereocenters. The third-order valence-corrected chi connectivity index (χ3v) is 5.70. The Kier molecular flexibility index (Phi) is 7.93. The highest BCUT2D eigenvalue weighted by Gasteiger charge is 2.41. The number of nitrogens with one attached hydrogen (secondary N) is 6. The minimum absolute atomic E-state index is 0.00981. The number of anilines is 1. The van der Waals surface area contributed by atoms with E-state index in [1.807, 2.05) is 13.8 Å². The number of likely N-dealkylation sites (tertiary alicyclic amines) is 1. The van der Waals surface area contributed by atoms with Gasteiger partial charge in [0.2, 0.25) is 5.91 Å². The molecular weight excluding hydrogens is 416 g/mol. The predicted octanol–water partition coefficient (Wildman–Crippen LogP) is 1.36. The van der Waals surface area contributed by atoms with Crippen LogP contribution >= 0.6 is 11.3 Å². The van der Waals surface area contributed by atoms with Crippen molar-refractivity contribution in [2.24, 2.45) is 5.41 Å². The van der Waals surface area contributed by atoms with E-state index in [-0.39, 0.29) is 17.4 Å². The maximum Gasteiger partial charge on any atom is 0.233 e. The fraction of sp³-hybridized carbons (Fsp3) is 0.500. The molecule has 1 amide bonds. The summed E-state index contributed by atoms with van der Waals surface area (Å²) in [4.78, 5) is 18.5. The number of nitrogens with zero attached hydrogens (tertiary/aromatic N) is 2. The number of amides is 1. The van der Waals surface area contributed by atoms with Gasteiger partial charge in [-0.05, 0) is 26.0 Å². The predicted molar refractivity (Wildman–Crippen MR) is 124 cm³/mol. The zero-order valence-electron chi connectivity index (χ0n) is 18.6. The number of aromatic nitrogens is 1. The van der Waals surface area contributed by atoms with Crippen LogP contribution in [0.15, 0.2) is 29.1 Å². The molecular formula is C20H32N8O2S. The van der Waals surface area contributed by atoms with Gasteiger partial charge in [-0.15, -0.1) is 11.3 Å². The number of likely N-dealkylation sites (N-methyl/N-ethyl adjacent to an activating group) is 1. The van der Waals surface area contributed by atoms with Gasteiger partial charge in [0.25, 0.3) is 0 Å². The van der Waals surface area contributed by atoms with Gasteiger partial charge in [0.15, 0.2) is 16.7 Å². The topological polar surface area (TPSA) is 149 Å². The SMILES string of the molecule is CN/C=C(/NC(C)(O)c1csc(N/C=C(\C=N)CNC)n1)C(=N)N1CCC(C)(C)C1=O. The molecule has 1 aliphatic heterocycles. The van der Waals surface area contributed by atoms with Crippen molar-refractivity contribution in [3.05, 3.63) is 34.7 Å². The number of carbonyl (C=O) groups is 1. The van der Waals surface area contributed by atoms with Crippen LogP contribution < -0.4 is 21.3 Å². The van der Waals surface area contributed by atoms with Crippen LogP contribution in [0.3, 0.4) is 0 Å². The second kappa shape index (κ2) is 10.0. The van der Waals surface area contributed by atoms with Gasteiger partial charge in [-0.2, -0.15) is 0 Å². The van der Waals surface area contributed by atoms with Gasteiger partial charge in [-0.3, -0.25) is 15.1 Å². The van der Waals surface area contributed by atoms with E-state index in [1.165, 1.54) is 35.6 Å². The first-order valence-electron chi connectivity index (χ1n) is 9.91. The lowest BCUT2D eigenvalue weighted by atomic mass is 9.92. The summed E-state index contributed by atoms with van der Waals surface area (Å²) in [7, 11) is 3.48. The monoisotopic (exact) mass is 448 g/mol. The van der Waals surface area contributed by atoms with Crippen LogP contribution in [0, 0.1) is 16.2 Å². The summed E-state index contributed by atoms with van der Waals surface area (Å²) in [6, 6.07) is 0. The maximum atomic E-state index is 12.6. The number of amidine groups is 1. The zero-order chi connectivity index (χ0) is 23.2. The molecule has 1 aromatic rings. The number of thiazole rings is 1. The molecule has 1 unspecified atom stereocenters. The first-order valence-corrected chi connectivity index (χ1v) is 10.8. The smallest absolute Gasteiger partial charge is 0.233 e. The fourth-order valence-corrected chi connectivity index (χ4v) is 3.81. The average molecular weight is 449 g/mol. The summed E-state index contributed by atoms with van der Waals surface area (Å²) in [5, 5.41) is 41.0. The Morgan fingerprint density at radius 2 is 2.13 bits per heavy atom. The Bertz CT molecular complexity index is 887. The molecule has 11 heteroatoms. The molecule has 1 saturated heterocycles. The number of carbonyl (C=O) groups excluding carboxylic acids is 1. The van der Waals surface area contributed by atoms with E-state index in [4.69, 9.17) is 10.8 Å². The Balaban J connectivity index is 2.16. The van der Waals surface area contributed by atoms with Crippen LogP contribution in [0.5, 0.6) is 0 Å². The van der Waals surface area contributed by atoms with Gasteiger partial charge in [-0.25, -0.2) is 4.98 Å². The summed E-state index contributed by atoms with van der Waals surface area (Å²) < 4.78 is 0. The van der Waals surface area contributed by atoms with Crippen molar-refractivity contribution in [3.8, 4) is 0 Å². The minimum atomic E-state index is -1.58. The minimum Gasteiger partial charge on any atom is -0.392 e. The van der Waals surface area contributed by atoms with E-state index in [2.05, 4.69) is 26.3 Å². The Hall–Kier alpha value is -2.76. The highest BCUT2D eigenvalue weighted by molar-refractivity contribution is 7.13. The van der Waals surface area contributed by atoms with E-state index in [0.29, 0.717) is 30.3 Å². The van der Waals surface area contributed by atoms with Gasteiger partial charge >= 0.3 is 0 Å². The Morgan fingerprint density at radius 1 is 1.42 bits per heavy atom. The average Bonchev–Trinajstić information content (AvgIpc) is 3.30. The molecule has 0 radical (unpaired) electrons. The first kappa shape index (κ1) is 24.5. The Labute approximate surface area is 186 Å². The second-order valence-corrected chi connectivity index (χ2v) is 8.92. The maximum absolute atomic E-state index is 12.6. The molecule has 1 fully saturated rings. The van der Waals surface area contributed by atoms with Gasteiger partial charge in [0, 0.05) is 49.5 Å². The van der Waals surface area contributed by atoms with Crippen molar-refractivity contribution in [1.29, 1.82) is 10.8 Å². The number of hydrogen-bond donors (Lipinski definition) is 7. The van der Waals surface area contributed by atoms with Crippen LogP contribution in [0.4, 0.5) is 5.13 Å². The van der Waals surface area contributed by atoms with Crippen molar-refractivity contribution in [1.82, 2.24) is 25.8 Å². The van der Waals surface area contributed by atoms with Crippen molar-refractivity contribution in [2.75, 3.05) is 32.5 Å². The lowest BCUT2D eigenvalue weighted by Gasteiger charge is -2.29. The molecule has 0 spiro atoms. The quantitative estimate of drug-likeness (QED) is 0.162. The van der Waals surface area contributed by atoms with Crippen molar-refractivity contribution in [3.63, 3.8) is 0 Å². The lowest BCUT2D eigenvalue weighted by molar-refractivity contribution is -0.131. The highest BCUT2D eigenvalue weighted by Crippen LogP contribution is 2.32. The third-order valence-electron chi connectivity index (χ3n) is 4.93. The van der Waals surface area contributed by atoms with Crippen LogP contribution in [0.2, 0.25) is 0 Å². The molecule has 1 aliphatic rings. The van der Waals surface area contributed by atoms with Crippen molar-refractivity contribution in [2.45, 2.75) is 32.9 Å². The van der Waals surface area contributed by atoms with E-state index in [1.54, 1.807) is 25.7 Å². The zero-order valence-corrected chi connectivity index (χ0v) is 19.4. The Morgan fingerprint density at radius 3 is 2.68 bits per heavy atom. The van der Waals surface area contributed by atoms with Crippen LogP contribution in [0.25, 0.3) is 0 Å². The van der Waals surface area contributed by atoms with Gasteiger partial charge < -0.3 is 31.8 Å². The summed E-state index contributed by atoms with van der Waals surface area (Å²) in [5.74, 6) is -0.124. The summed E-state index contributed by atoms with van der Waals surface area (Å²) in [6.45, 7) is 6.27. The highest BCUT2D eigenvalue weighted by atomic mass is 32.1. The number of hydrogen-bond acceptors (Lipinski definition) is 10. The molecule has 2 heterocycles. The van der Waals surface area contributed by atoms with Gasteiger partial charge in [0.1, 0.15) is 5.69 Å². The van der Waals surface area contributed by atoms with Crippen LogP contribution in [-0.2, 0) is 10.5 Å². The molecule has 0 aliphatic carbocycles. The van der Waals surface area contributed by atoms with Crippen molar-refractivity contribution >= 4 is 34.4 Å². The van der Waals surface area contributed by atoms with E-state index >= 15 is 0 Å². The third kappa shape index (κ3) is 5.90. The first-order chi connectivity index (χ1) is 14.6. The molecule has 10 nitrogen and oxygen atoms in total.